The molecule has 2 rings (SSSR count). The van der Waals surface area contributed by atoms with Crippen molar-refractivity contribution in [1.29, 1.82) is 0 Å². The molecule has 0 aliphatic heterocycles. The smallest absolute Gasteiger partial charge is 0.0598 e. The van der Waals surface area contributed by atoms with Gasteiger partial charge in [0.2, 0.25) is 0 Å². The van der Waals surface area contributed by atoms with Crippen LogP contribution in [0, 0.1) is 5.41 Å². The highest BCUT2D eigenvalue weighted by atomic mass is 32.2. The summed E-state index contributed by atoms with van der Waals surface area (Å²) in [5.41, 5.74) is 0.661. The molecule has 0 radical (unpaired) electrons. The molecule has 0 bridgehead atoms. The van der Waals surface area contributed by atoms with E-state index in [4.69, 9.17) is 0 Å². The van der Waals surface area contributed by atoms with E-state index < -0.39 is 0 Å². The lowest BCUT2D eigenvalue weighted by Gasteiger charge is -2.37. The standard InChI is InChI=1S/C10H14S2/c1-10(5-3-6-10)8-12-9-4-2-7-11-9/h2,4,7H,3,5-6,8H2,1H3. The average Bonchev–Trinajstić information content (AvgIpc) is 2.49. The van der Waals surface area contributed by atoms with E-state index >= 15 is 0 Å². The Balaban J connectivity index is 1.82. The molecule has 0 N–H and O–H groups in total. The molecule has 12 heavy (non-hydrogen) atoms. The van der Waals surface area contributed by atoms with Gasteiger partial charge in [-0.25, -0.2) is 0 Å². The van der Waals surface area contributed by atoms with Gasteiger partial charge in [-0.1, -0.05) is 19.4 Å². The molecule has 0 amide bonds. The zero-order chi connectivity index (χ0) is 8.44. The van der Waals surface area contributed by atoms with Gasteiger partial charge in [0.15, 0.2) is 0 Å². The maximum absolute atomic E-state index is 2.41. The molecule has 1 aromatic rings. The van der Waals surface area contributed by atoms with Crippen LogP contribution in [-0.2, 0) is 0 Å². The second-order valence-corrected chi connectivity index (χ2v) is 6.11. The Morgan fingerprint density at radius 2 is 2.42 bits per heavy atom. The highest BCUT2D eigenvalue weighted by molar-refractivity contribution is 8.01. The predicted molar refractivity (Wildman–Crippen MR) is 57.0 cm³/mol. The van der Waals surface area contributed by atoms with Crippen molar-refractivity contribution in [3.63, 3.8) is 0 Å². The quantitative estimate of drug-likeness (QED) is 0.661. The highest BCUT2D eigenvalue weighted by Crippen LogP contribution is 2.44. The fourth-order valence-electron chi connectivity index (χ4n) is 1.52. The lowest BCUT2D eigenvalue weighted by molar-refractivity contribution is 0.198. The number of rotatable bonds is 3. The van der Waals surface area contributed by atoms with Gasteiger partial charge < -0.3 is 0 Å². The maximum atomic E-state index is 2.41. The predicted octanol–water partition coefficient (Wildman–Crippen LogP) is 4.03. The summed E-state index contributed by atoms with van der Waals surface area (Å²) < 4.78 is 1.48. The molecular formula is C10H14S2. The second-order valence-electron chi connectivity index (χ2n) is 3.88. The third kappa shape index (κ3) is 1.86. The van der Waals surface area contributed by atoms with Crippen molar-refractivity contribution in [2.45, 2.75) is 30.4 Å². The first-order valence-electron chi connectivity index (χ1n) is 4.45. The minimum Gasteiger partial charge on any atom is -0.137 e. The van der Waals surface area contributed by atoms with Crippen LogP contribution in [0.2, 0.25) is 0 Å². The Hall–Kier alpha value is 0.0500. The molecule has 1 fully saturated rings. The van der Waals surface area contributed by atoms with Gasteiger partial charge in [-0.05, 0) is 29.7 Å². The van der Waals surface area contributed by atoms with Crippen LogP contribution in [-0.4, -0.2) is 5.75 Å². The molecule has 0 unspecified atom stereocenters. The number of thiophene rings is 1. The Labute approximate surface area is 82.4 Å². The Morgan fingerprint density at radius 1 is 1.58 bits per heavy atom. The first-order valence-corrected chi connectivity index (χ1v) is 6.31. The molecule has 1 aromatic heterocycles. The SMILES string of the molecule is CC1(CSc2cccs2)CCC1. The van der Waals surface area contributed by atoms with Crippen LogP contribution in [0.15, 0.2) is 21.7 Å². The topological polar surface area (TPSA) is 0 Å². The van der Waals surface area contributed by atoms with Crippen molar-refractivity contribution < 1.29 is 0 Å². The normalized spacial score (nSPS) is 20.4. The van der Waals surface area contributed by atoms with E-state index in [1.807, 2.05) is 23.1 Å². The van der Waals surface area contributed by atoms with Crippen LogP contribution in [0.5, 0.6) is 0 Å². The molecule has 0 spiro atoms. The zero-order valence-corrected chi connectivity index (χ0v) is 9.01. The van der Waals surface area contributed by atoms with Crippen molar-refractivity contribution >= 4 is 23.1 Å². The summed E-state index contributed by atoms with van der Waals surface area (Å²) in [4.78, 5) is 0. The number of thioether (sulfide) groups is 1. The summed E-state index contributed by atoms with van der Waals surface area (Å²) in [6, 6.07) is 4.35. The van der Waals surface area contributed by atoms with Crippen molar-refractivity contribution in [3.05, 3.63) is 17.5 Å². The molecule has 2 heteroatoms. The van der Waals surface area contributed by atoms with E-state index in [0.717, 1.165) is 0 Å². The maximum Gasteiger partial charge on any atom is 0.0598 e. The lowest BCUT2D eigenvalue weighted by Crippen LogP contribution is -2.27. The fraction of sp³-hybridized carbons (Fsp3) is 0.600. The largest absolute Gasteiger partial charge is 0.137 e. The average molecular weight is 198 g/mol. The molecule has 0 aromatic carbocycles. The van der Waals surface area contributed by atoms with Gasteiger partial charge in [-0.15, -0.1) is 23.1 Å². The molecule has 1 aliphatic rings. The van der Waals surface area contributed by atoms with Crippen LogP contribution in [0.4, 0.5) is 0 Å². The third-order valence-corrected chi connectivity index (χ3v) is 5.18. The summed E-state index contributed by atoms with van der Waals surface area (Å²) in [5.74, 6) is 1.31. The van der Waals surface area contributed by atoms with Crippen LogP contribution >= 0.6 is 23.1 Å². The minimum atomic E-state index is 0.661. The van der Waals surface area contributed by atoms with E-state index in [9.17, 15) is 0 Å². The van der Waals surface area contributed by atoms with Crippen LogP contribution in [0.1, 0.15) is 26.2 Å². The van der Waals surface area contributed by atoms with E-state index in [1.54, 1.807) is 0 Å². The molecule has 1 heterocycles. The van der Waals surface area contributed by atoms with E-state index in [1.165, 1.54) is 29.2 Å². The van der Waals surface area contributed by atoms with Gasteiger partial charge in [0, 0.05) is 5.75 Å². The van der Waals surface area contributed by atoms with E-state index in [2.05, 4.69) is 24.4 Å². The molecular weight excluding hydrogens is 184 g/mol. The van der Waals surface area contributed by atoms with Crippen molar-refractivity contribution in [3.8, 4) is 0 Å². The summed E-state index contributed by atoms with van der Waals surface area (Å²) in [6.45, 7) is 2.41. The summed E-state index contributed by atoms with van der Waals surface area (Å²) >= 11 is 3.89. The Kier molecular flexibility index (Phi) is 2.47. The van der Waals surface area contributed by atoms with E-state index in [-0.39, 0.29) is 0 Å². The van der Waals surface area contributed by atoms with Gasteiger partial charge in [-0.3, -0.25) is 0 Å². The lowest BCUT2D eigenvalue weighted by atomic mass is 9.72. The Morgan fingerprint density at radius 3 is 2.92 bits per heavy atom. The summed E-state index contributed by atoms with van der Waals surface area (Å²) in [6.07, 6.45) is 4.32. The second kappa shape index (κ2) is 3.43. The van der Waals surface area contributed by atoms with Gasteiger partial charge >= 0.3 is 0 Å². The summed E-state index contributed by atoms with van der Waals surface area (Å²) in [5, 5.41) is 2.16. The van der Waals surface area contributed by atoms with Gasteiger partial charge in [-0.2, -0.15) is 0 Å². The molecule has 1 saturated carbocycles. The number of hydrogen-bond acceptors (Lipinski definition) is 2. The zero-order valence-electron chi connectivity index (χ0n) is 7.38. The van der Waals surface area contributed by atoms with E-state index in [0.29, 0.717) is 5.41 Å². The monoisotopic (exact) mass is 198 g/mol. The minimum absolute atomic E-state index is 0.661. The third-order valence-electron chi connectivity index (χ3n) is 2.62. The summed E-state index contributed by atoms with van der Waals surface area (Å²) in [7, 11) is 0. The van der Waals surface area contributed by atoms with Gasteiger partial charge in [0.1, 0.15) is 0 Å². The molecule has 0 saturated heterocycles. The first kappa shape index (κ1) is 8.64. The van der Waals surface area contributed by atoms with Gasteiger partial charge in [0.05, 0.1) is 4.21 Å². The fourth-order valence-corrected chi connectivity index (χ4v) is 3.53. The van der Waals surface area contributed by atoms with Crippen LogP contribution in [0.3, 0.4) is 0 Å². The molecule has 66 valence electrons. The van der Waals surface area contributed by atoms with Crippen LogP contribution < -0.4 is 0 Å². The van der Waals surface area contributed by atoms with Gasteiger partial charge in [0.25, 0.3) is 0 Å². The molecule has 0 nitrogen and oxygen atoms in total. The molecule has 1 aliphatic carbocycles. The highest BCUT2D eigenvalue weighted by Gasteiger charge is 2.31. The van der Waals surface area contributed by atoms with Crippen molar-refractivity contribution in [2.75, 3.05) is 5.75 Å². The van der Waals surface area contributed by atoms with Crippen LogP contribution in [0.25, 0.3) is 0 Å². The van der Waals surface area contributed by atoms with Crippen molar-refractivity contribution in [2.24, 2.45) is 5.41 Å². The van der Waals surface area contributed by atoms with Crippen molar-refractivity contribution in [1.82, 2.24) is 0 Å². The Bertz CT molecular complexity index is 234. The first-order chi connectivity index (χ1) is 5.79. The molecule has 0 atom stereocenters. The number of hydrogen-bond donors (Lipinski definition) is 0.